The molecule has 42 heavy (non-hydrogen) atoms. The molecule has 1 fully saturated rings. The van der Waals surface area contributed by atoms with Crippen LogP contribution in [0.1, 0.15) is 43.9 Å². The zero-order valence-corrected chi connectivity index (χ0v) is 25.1. The maximum Gasteiger partial charge on any atom is 0.417 e. The van der Waals surface area contributed by atoms with Gasteiger partial charge in [-0.3, -0.25) is 9.59 Å². The molecule has 1 saturated heterocycles. The van der Waals surface area contributed by atoms with E-state index in [-0.39, 0.29) is 30.7 Å². The van der Waals surface area contributed by atoms with E-state index in [9.17, 15) is 24.6 Å². The van der Waals surface area contributed by atoms with Crippen LogP contribution in [0.5, 0.6) is 0 Å². The number of hydrogen-bond acceptors (Lipinski definition) is 9. The van der Waals surface area contributed by atoms with E-state index < -0.39 is 53.8 Å². The maximum atomic E-state index is 13.4. The number of carbonyl (C=O) groups excluding carboxylic acids is 3. The molecule has 4 rings (SSSR count). The molecule has 226 valence electrons. The summed E-state index contributed by atoms with van der Waals surface area (Å²) < 4.78 is 22.8. The summed E-state index contributed by atoms with van der Waals surface area (Å²) in [5.74, 6) is -4.09. The van der Waals surface area contributed by atoms with E-state index >= 15 is 0 Å². The van der Waals surface area contributed by atoms with Crippen molar-refractivity contribution < 1.29 is 43.5 Å². The predicted octanol–water partition coefficient (Wildman–Crippen LogP) is 4.04. The monoisotopic (exact) mass is 645 g/mol. The first-order chi connectivity index (χ1) is 20.1. The molecule has 0 saturated carbocycles. The van der Waals surface area contributed by atoms with E-state index in [1.807, 2.05) is 60.7 Å². The summed E-state index contributed by atoms with van der Waals surface area (Å²) in [6, 6.07) is 18.1. The highest BCUT2D eigenvalue weighted by Gasteiger charge is 2.49. The van der Waals surface area contributed by atoms with Crippen LogP contribution in [-0.4, -0.2) is 76.8 Å². The number of cyclic esters (lactones) is 1. The van der Waals surface area contributed by atoms with Crippen LogP contribution in [0.4, 0.5) is 4.79 Å². The minimum atomic E-state index is -1.87. The van der Waals surface area contributed by atoms with Gasteiger partial charge in [0.1, 0.15) is 18.3 Å². The second kappa shape index (κ2) is 14.5. The molecule has 10 nitrogen and oxygen atoms in total. The minimum Gasteiger partial charge on any atom is -0.439 e. The van der Waals surface area contributed by atoms with Gasteiger partial charge in [-0.2, -0.15) is 0 Å². The first-order valence-electron chi connectivity index (χ1n) is 13.9. The molecule has 0 aromatic heterocycles. The number of aliphatic hydroxyl groups excluding tert-OH is 1. The van der Waals surface area contributed by atoms with Crippen molar-refractivity contribution in [2.75, 3.05) is 19.8 Å². The normalized spacial score (nSPS) is 25.6. The molecule has 2 amide bonds. The van der Waals surface area contributed by atoms with Crippen molar-refractivity contribution in [3.05, 3.63) is 82.3 Å². The Balaban J connectivity index is 1.30. The van der Waals surface area contributed by atoms with Crippen molar-refractivity contribution in [2.24, 2.45) is 5.92 Å². The lowest BCUT2D eigenvalue weighted by Gasteiger charge is -2.37. The fourth-order valence-electron chi connectivity index (χ4n) is 4.94. The number of ketones is 1. The lowest BCUT2D eigenvalue weighted by Crippen LogP contribution is -2.52. The van der Waals surface area contributed by atoms with Gasteiger partial charge in [-0.05, 0) is 46.5 Å². The number of rotatable bonds is 13. The quantitative estimate of drug-likeness (QED) is 0.310. The summed E-state index contributed by atoms with van der Waals surface area (Å²) in [4.78, 5) is 40.0. The van der Waals surface area contributed by atoms with Crippen molar-refractivity contribution >= 4 is 33.7 Å². The molecule has 0 bridgehead atoms. The number of aliphatic hydroxyl groups is 2. The van der Waals surface area contributed by atoms with Gasteiger partial charge in [0.15, 0.2) is 11.6 Å². The first kappa shape index (κ1) is 32.0. The van der Waals surface area contributed by atoms with E-state index in [1.54, 1.807) is 6.92 Å². The molecule has 2 heterocycles. The second-order valence-corrected chi connectivity index (χ2v) is 11.3. The van der Waals surface area contributed by atoms with E-state index in [1.165, 1.54) is 13.0 Å². The number of halogens is 1. The Morgan fingerprint density at radius 1 is 1.12 bits per heavy atom. The predicted molar refractivity (Wildman–Crippen MR) is 155 cm³/mol. The summed E-state index contributed by atoms with van der Waals surface area (Å²) >= 11 is 3.23. The number of carbonyl (C=O) groups is 3. The summed E-state index contributed by atoms with van der Waals surface area (Å²) in [6.45, 7) is 3.70. The van der Waals surface area contributed by atoms with Gasteiger partial charge in [0.05, 0.1) is 36.3 Å². The number of ether oxygens (including phenoxy) is 4. The molecule has 2 aliphatic rings. The van der Waals surface area contributed by atoms with Crippen molar-refractivity contribution in [3.8, 4) is 0 Å². The van der Waals surface area contributed by atoms with Crippen molar-refractivity contribution in [2.45, 2.75) is 63.4 Å². The van der Waals surface area contributed by atoms with E-state index in [0.717, 1.165) is 16.0 Å². The third-order valence-corrected chi connectivity index (χ3v) is 8.21. The van der Waals surface area contributed by atoms with Crippen LogP contribution in [-0.2, 0) is 35.1 Å². The minimum absolute atomic E-state index is 0.0572. The number of amides is 2. The zero-order valence-electron chi connectivity index (χ0n) is 23.6. The van der Waals surface area contributed by atoms with Gasteiger partial charge in [-0.15, -0.1) is 0 Å². The van der Waals surface area contributed by atoms with Gasteiger partial charge in [0.2, 0.25) is 5.91 Å². The van der Waals surface area contributed by atoms with Crippen LogP contribution in [0.15, 0.2) is 71.2 Å². The number of imide groups is 1. The largest absolute Gasteiger partial charge is 0.439 e. The van der Waals surface area contributed by atoms with Crippen molar-refractivity contribution in [1.82, 2.24) is 4.90 Å². The SMILES string of the molecule is C[C@H](C(=O)N1C(=O)O[C@H](c2ccccc2)[C@@H]1C)[C@@H]1O[C@](O)(CCCOC[C@@H](CO)OCc2ccccc2)C(Br)=CC1=O. The van der Waals surface area contributed by atoms with Crippen LogP contribution in [0.2, 0.25) is 0 Å². The molecule has 2 aliphatic heterocycles. The Bertz CT molecular complexity index is 1260. The fraction of sp³-hybridized carbons (Fsp3) is 0.452. The number of nitrogens with zero attached hydrogens (tertiary/aromatic N) is 1. The topological polar surface area (TPSA) is 132 Å². The summed E-state index contributed by atoms with van der Waals surface area (Å²) in [6.07, 6.45) is -1.66. The summed E-state index contributed by atoms with van der Waals surface area (Å²) in [5.41, 5.74) is 1.73. The van der Waals surface area contributed by atoms with Crippen LogP contribution in [0, 0.1) is 5.92 Å². The van der Waals surface area contributed by atoms with Gasteiger partial charge < -0.3 is 29.2 Å². The van der Waals surface area contributed by atoms with E-state index in [0.29, 0.717) is 13.0 Å². The van der Waals surface area contributed by atoms with Gasteiger partial charge >= 0.3 is 6.09 Å². The van der Waals surface area contributed by atoms with Crippen LogP contribution < -0.4 is 0 Å². The Kier molecular flexibility index (Phi) is 11.0. The van der Waals surface area contributed by atoms with E-state index in [2.05, 4.69) is 15.9 Å². The Morgan fingerprint density at radius 3 is 2.45 bits per heavy atom. The lowest BCUT2D eigenvalue weighted by atomic mass is 9.93. The molecule has 0 spiro atoms. The number of hydrogen-bond donors (Lipinski definition) is 2. The molecule has 11 heteroatoms. The average molecular weight is 647 g/mol. The molecule has 0 unspecified atom stereocenters. The molecule has 0 radical (unpaired) electrons. The van der Waals surface area contributed by atoms with Crippen LogP contribution in [0.25, 0.3) is 0 Å². The molecule has 2 N–H and O–H groups in total. The first-order valence-corrected chi connectivity index (χ1v) is 14.7. The lowest BCUT2D eigenvalue weighted by molar-refractivity contribution is -0.217. The van der Waals surface area contributed by atoms with Crippen molar-refractivity contribution in [1.29, 1.82) is 0 Å². The Morgan fingerprint density at radius 2 is 1.79 bits per heavy atom. The second-order valence-electron chi connectivity index (χ2n) is 10.4. The van der Waals surface area contributed by atoms with Gasteiger partial charge in [0.25, 0.3) is 0 Å². The van der Waals surface area contributed by atoms with Crippen LogP contribution >= 0.6 is 15.9 Å². The molecular formula is C31H36BrNO9. The zero-order chi connectivity index (χ0) is 30.3. The molecular weight excluding hydrogens is 610 g/mol. The molecule has 6 atom stereocenters. The van der Waals surface area contributed by atoms with Crippen LogP contribution in [0.3, 0.4) is 0 Å². The van der Waals surface area contributed by atoms with Crippen molar-refractivity contribution in [3.63, 3.8) is 0 Å². The third kappa shape index (κ3) is 7.52. The fourth-order valence-corrected chi connectivity index (χ4v) is 5.45. The third-order valence-electron chi connectivity index (χ3n) is 7.36. The molecule has 2 aromatic rings. The maximum absolute atomic E-state index is 13.4. The van der Waals surface area contributed by atoms with Gasteiger partial charge in [0, 0.05) is 13.0 Å². The smallest absolute Gasteiger partial charge is 0.417 e. The van der Waals surface area contributed by atoms with E-state index in [4.69, 9.17) is 18.9 Å². The van der Waals surface area contributed by atoms with Gasteiger partial charge in [-0.25, -0.2) is 9.69 Å². The standard InChI is InChI=1S/C31H36BrNO9/c1-20(29(36)33-21(2)28(41-30(33)37)23-12-7-4-8-13-23)27-25(35)16-26(32)31(38,42-27)14-9-15-39-19-24(17-34)40-18-22-10-5-3-6-11-22/h3-8,10-13,16,20-21,24,27-28,34,38H,9,14-15,17-19H2,1-2H3/t20-,21-,24+,27-,28-,31+/m0/s1. The molecule has 0 aliphatic carbocycles. The molecule has 2 aromatic carbocycles. The highest BCUT2D eigenvalue weighted by Crippen LogP contribution is 2.38. The summed E-state index contributed by atoms with van der Waals surface area (Å²) in [5, 5.41) is 20.9. The number of benzene rings is 2. The van der Waals surface area contributed by atoms with Gasteiger partial charge in [-0.1, -0.05) is 67.6 Å². The highest BCUT2D eigenvalue weighted by atomic mass is 79.9. The Hall–Kier alpha value is -2.93. The highest BCUT2D eigenvalue weighted by molar-refractivity contribution is 9.11. The average Bonchev–Trinajstić information content (AvgIpc) is 3.30. The summed E-state index contributed by atoms with van der Waals surface area (Å²) in [7, 11) is 0. The Labute approximate surface area is 253 Å².